The Morgan fingerprint density at radius 3 is 2.41 bits per heavy atom. The van der Waals surface area contributed by atoms with Crippen LogP contribution in [0.4, 0.5) is 5.69 Å². The molecule has 1 aliphatic heterocycles. The van der Waals surface area contributed by atoms with E-state index >= 15 is 0 Å². The van der Waals surface area contributed by atoms with E-state index < -0.39 is 5.97 Å². The van der Waals surface area contributed by atoms with Crippen molar-refractivity contribution in [3.05, 3.63) is 64.2 Å². The topological polar surface area (TPSA) is 69.6 Å². The molecular formula is C23H27ClN2O3. The molecule has 0 bridgehead atoms. The summed E-state index contributed by atoms with van der Waals surface area (Å²) >= 11 is 6.28. The van der Waals surface area contributed by atoms with Gasteiger partial charge in [0.05, 0.1) is 18.0 Å². The van der Waals surface area contributed by atoms with E-state index in [-0.39, 0.29) is 23.9 Å². The molecular weight excluding hydrogens is 388 g/mol. The van der Waals surface area contributed by atoms with E-state index in [0.717, 1.165) is 36.3 Å². The maximum Gasteiger partial charge on any atom is 0.335 e. The van der Waals surface area contributed by atoms with Crippen molar-refractivity contribution >= 4 is 29.2 Å². The average molecular weight is 415 g/mol. The van der Waals surface area contributed by atoms with Crippen LogP contribution in [0.15, 0.2) is 42.5 Å². The standard InChI is InChI=1S/C23H27ClN2O3/c1-2-20(25-22(27)14-16-6-8-17(9-7-16)23(28)29)19-15-18(24)10-11-21(19)26-12-4-3-5-13-26/h6-11,15,20H,2-5,12-14H2,1H3,(H,25,27)(H,28,29). The number of nitrogens with zero attached hydrogens (tertiary/aromatic N) is 1. The van der Waals surface area contributed by atoms with Gasteiger partial charge in [-0.25, -0.2) is 4.79 Å². The fourth-order valence-corrected chi connectivity index (χ4v) is 4.00. The van der Waals surface area contributed by atoms with Crippen LogP contribution in [-0.4, -0.2) is 30.1 Å². The van der Waals surface area contributed by atoms with Crippen molar-refractivity contribution in [3.8, 4) is 0 Å². The Balaban J connectivity index is 1.74. The highest BCUT2D eigenvalue weighted by Crippen LogP contribution is 2.32. The van der Waals surface area contributed by atoms with Crippen molar-refractivity contribution in [2.24, 2.45) is 0 Å². The van der Waals surface area contributed by atoms with E-state index in [0.29, 0.717) is 5.02 Å². The zero-order valence-electron chi connectivity index (χ0n) is 16.7. The summed E-state index contributed by atoms with van der Waals surface area (Å²) in [7, 11) is 0. The number of carbonyl (C=O) groups excluding carboxylic acids is 1. The first kappa shape index (κ1) is 21.2. The Morgan fingerprint density at radius 1 is 1.10 bits per heavy atom. The van der Waals surface area contributed by atoms with Gasteiger partial charge in [0.25, 0.3) is 0 Å². The summed E-state index contributed by atoms with van der Waals surface area (Å²) in [4.78, 5) is 26.0. The molecule has 2 N–H and O–H groups in total. The van der Waals surface area contributed by atoms with Gasteiger partial charge in [0.1, 0.15) is 0 Å². The fraction of sp³-hybridized carbons (Fsp3) is 0.391. The lowest BCUT2D eigenvalue weighted by atomic mass is 9.99. The Labute approximate surface area is 176 Å². The quantitative estimate of drug-likeness (QED) is 0.680. The molecule has 3 rings (SSSR count). The van der Waals surface area contributed by atoms with E-state index in [1.54, 1.807) is 12.1 Å². The number of rotatable bonds is 7. The molecule has 2 aromatic rings. The second kappa shape index (κ2) is 9.79. The monoisotopic (exact) mass is 414 g/mol. The molecule has 1 amide bonds. The molecule has 0 aliphatic carbocycles. The minimum Gasteiger partial charge on any atom is -0.478 e. The summed E-state index contributed by atoms with van der Waals surface area (Å²) in [5, 5.41) is 12.8. The lowest BCUT2D eigenvalue weighted by molar-refractivity contribution is -0.121. The van der Waals surface area contributed by atoms with E-state index in [4.69, 9.17) is 16.7 Å². The zero-order valence-corrected chi connectivity index (χ0v) is 17.4. The number of carboxylic acids is 1. The smallest absolute Gasteiger partial charge is 0.335 e. The number of nitrogens with one attached hydrogen (secondary N) is 1. The van der Waals surface area contributed by atoms with Crippen LogP contribution in [0.2, 0.25) is 5.02 Å². The lowest BCUT2D eigenvalue weighted by Crippen LogP contribution is -2.34. The van der Waals surface area contributed by atoms with Crippen molar-refractivity contribution in [1.82, 2.24) is 5.32 Å². The number of halogens is 1. The third-order valence-corrected chi connectivity index (χ3v) is 5.61. The van der Waals surface area contributed by atoms with Gasteiger partial charge in [0.15, 0.2) is 0 Å². The van der Waals surface area contributed by atoms with Crippen LogP contribution in [-0.2, 0) is 11.2 Å². The predicted octanol–water partition coefficient (Wildman–Crippen LogP) is 4.84. The van der Waals surface area contributed by atoms with Gasteiger partial charge in [-0.15, -0.1) is 0 Å². The number of benzene rings is 2. The number of aromatic carboxylic acids is 1. The van der Waals surface area contributed by atoms with Gasteiger partial charge in [0.2, 0.25) is 5.91 Å². The van der Waals surface area contributed by atoms with Crippen molar-refractivity contribution < 1.29 is 14.7 Å². The van der Waals surface area contributed by atoms with Gasteiger partial charge in [-0.2, -0.15) is 0 Å². The van der Waals surface area contributed by atoms with Crippen molar-refractivity contribution in [2.45, 2.75) is 45.1 Å². The van der Waals surface area contributed by atoms with Gasteiger partial charge in [-0.1, -0.05) is 30.7 Å². The number of amides is 1. The number of piperidine rings is 1. The summed E-state index contributed by atoms with van der Waals surface area (Å²) in [5.41, 5.74) is 3.19. The van der Waals surface area contributed by atoms with Crippen LogP contribution < -0.4 is 10.2 Å². The third kappa shape index (κ3) is 5.51. The first-order valence-electron chi connectivity index (χ1n) is 10.1. The van der Waals surface area contributed by atoms with Crippen LogP contribution in [0, 0.1) is 0 Å². The predicted molar refractivity (Wildman–Crippen MR) is 116 cm³/mol. The Bertz CT molecular complexity index is 861. The molecule has 0 aromatic heterocycles. The normalized spacial score (nSPS) is 15.0. The molecule has 1 atom stereocenters. The van der Waals surface area contributed by atoms with Crippen molar-refractivity contribution in [1.29, 1.82) is 0 Å². The summed E-state index contributed by atoms with van der Waals surface area (Å²) < 4.78 is 0. The summed E-state index contributed by atoms with van der Waals surface area (Å²) in [6.07, 6.45) is 4.57. The van der Waals surface area contributed by atoms with Gasteiger partial charge >= 0.3 is 5.97 Å². The number of carboxylic acid groups (broad SMARTS) is 1. The molecule has 1 saturated heterocycles. The van der Waals surface area contributed by atoms with E-state index in [1.165, 1.54) is 31.4 Å². The Morgan fingerprint density at radius 2 is 1.79 bits per heavy atom. The van der Waals surface area contributed by atoms with Crippen molar-refractivity contribution in [3.63, 3.8) is 0 Å². The highest BCUT2D eigenvalue weighted by Gasteiger charge is 2.21. The molecule has 1 fully saturated rings. The molecule has 6 heteroatoms. The highest BCUT2D eigenvalue weighted by molar-refractivity contribution is 6.30. The lowest BCUT2D eigenvalue weighted by Gasteiger charge is -2.32. The van der Waals surface area contributed by atoms with E-state index in [9.17, 15) is 9.59 Å². The second-order valence-corrected chi connectivity index (χ2v) is 7.89. The van der Waals surface area contributed by atoms with Crippen LogP contribution >= 0.6 is 11.6 Å². The summed E-state index contributed by atoms with van der Waals surface area (Å²) in [6, 6.07) is 12.2. The minimum absolute atomic E-state index is 0.0931. The largest absolute Gasteiger partial charge is 0.478 e. The Kier molecular flexibility index (Phi) is 7.15. The molecule has 29 heavy (non-hydrogen) atoms. The Hall–Kier alpha value is -2.53. The molecule has 1 aliphatic rings. The number of hydrogen-bond donors (Lipinski definition) is 2. The molecule has 154 valence electrons. The first-order valence-corrected chi connectivity index (χ1v) is 10.5. The number of carbonyl (C=O) groups is 2. The minimum atomic E-state index is -0.974. The zero-order chi connectivity index (χ0) is 20.8. The molecule has 1 unspecified atom stereocenters. The molecule has 0 saturated carbocycles. The second-order valence-electron chi connectivity index (χ2n) is 7.46. The first-order chi connectivity index (χ1) is 14.0. The number of hydrogen-bond acceptors (Lipinski definition) is 3. The maximum absolute atomic E-state index is 12.7. The fourth-order valence-electron chi connectivity index (χ4n) is 3.82. The van der Waals surface area contributed by atoms with Gasteiger partial charge in [0, 0.05) is 23.8 Å². The van der Waals surface area contributed by atoms with Crippen LogP contribution in [0.1, 0.15) is 60.1 Å². The average Bonchev–Trinajstić information content (AvgIpc) is 2.73. The van der Waals surface area contributed by atoms with Crippen molar-refractivity contribution in [2.75, 3.05) is 18.0 Å². The maximum atomic E-state index is 12.7. The van der Waals surface area contributed by atoms with Crippen LogP contribution in [0.5, 0.6) is 0 Å². The molecule has 0 radical (unpaired) electrons. The van der Waals surface area contributed by atoms with Gasteiger partial charge in [-0.3, -0.25) is 4.79 Å². The van der Waals surface area contributed by atoms with Gasteiger partial charge in [-0.05, 0) is 67.1 Å². The van der Waals surface area contributed by atoms with E-state index in [2.05, 4.69) is 16.3 Å². The SMILES string of the molecule is CCC(NC(=O)Cc1ccc(C(=O)O)cc1)c1cc(Cl)ccc1N1CCCCC1. The summed E-state index contributed by atoms with van der Waals surface area (Å²) in [6.45, 7) is 4.09. The van der Waals surface area contributed by atoms with Crippen LogP contribution in [0.25, 0.3) is 0 Å². The molecule has 2 aromatic carbocycles. The van der Waals surface area contributed by atoms with Gasteiger partial charge < -0.3 is 15.3 Å². The highest BCUT2D eigenvalue weighted by atomic mass is 35.5. The molecule has 0 spiro atoms. The third-order valence-electron chi connectivity index (χ3n) is 5.37. The van der Waals surface area contributed by atoms with E-state index in [1.807, 2.05) is 19.1 Å². The molecule has 5 nitrogen and oxygen atoms in total. The van der Waals surface area contributed by atoms with Crippen LogP contribution in [0.3, 0.4) is 0 Å². The number of anilines is 1. The molecule has 1 heterocycles. The summed E-state index contributed by atoms with van der Waals surface area (Å²) in [5.74, 6) is -1.07.